The number of aliphatic hydroxyl groups is 1. The molecular weight excluding hydrogens is 789 g/mol. The largest absolute Gasteiger partial charge is 0.469 e. The first kappa shape index (κ1) is 48.7. The van der Waals surface area contributed by atoms with Gasteiger partial charge in [-0.05, 0) is 215 Å². The van der Waals surface area contributed by atoms with E-state index in [1.807, 2.05) is 0 Å². The lowest BCUT2D eigenvalue weighted by atomic mass is 9.43. The van der Waals surface area contributed by atoms with E-state index in [0.29, 0.717) is 77.5 Å². The second-order valence-corrected chi connectivity index (χ2v) is 30.0. The molecule has 0 aromatic carbocycles. The standard InChI is InChI=1S/C29H52O3Si.C25H40O4/c1-19-13-15-28(3)21(17-19)18-25(32-33(6,7)8)27-23-11-10-22(20(2)9-12-26(30)31-5)29(23,4)16-14-24(27)28;1-15(5-8-22(28)29-4)18-6-7-19-23-20(10-12-25(18,19)3)24(2)11-9-17(26)13-16(24)14-21(23)27/h19-25,27H,9-18H2,1-8H3;15-20,23,26H,5-14H2,1-4H3/t19-,20-,21?,22?,23?,24?,25?,27?,28+,29-;15-,16?,17-,18?,19?,20?,23?,24+,25-/m11/s1. The molecule has 8 aliphatic rings. The highest BCUT2D eigenvalue weighted by atomic mass is 28.4. The summed E-state index contributed by atoms with van der Waals surface area (Å²) in [4.78, 5) is 36.9. The maximum atomic E-state index is 13.4. The van der Waals surface area contributed by atoms with Crippen LogP contribution in [0.1, 0.15) is 177 Å². The molecule has 19 atom stereocenters. The highest BCUT2D eigenvalue weighted by Crippen LogP contribution is 2.70. The van der Waals surface area contributed by atoms with E-state index in [0.717, 1.165) is 74.0 Å². The van der Waals surface area contributed by atoms with Gasteiger partial charge in [-0.15, -0.1) is 0 Å². The summed E-state index contributed by atoms with van der Waals surface area (Å²) in [5.41, 5.74) is 1.38. The van der Waals surface area contributed by atoms with Crippen LogP contribution in [0.5, 0.6) is 0 Å². The number of hydrogen-bond acceptors (Lipinski definition) is 7. The fraction of sp³-hybridized carbons (Fsp3) is 0.944. The first-order valence-electron chi connectivity index (χ1n) is 26.1. The maximum absolute atomic E-state index is 13.4. The Morgan fingerprint density at radius 3 is 1.73 bits per heavy atom. The molecule has 0 bridgehead atoms. The van der Waals surface area contributed by atoms with Gasteiger partial charge in [-0.3, -0.25) is 14.4 Å². The van der Waals surface area contributed by atoms with Crippen LogP contribution in [0.2, 0.25) is 19.6 Å². The number of fused-ring (bicyclic) bond motifs is 10. The quantitative estimate of drug-likeness (QED) is 0.172. The van der Waals surface area contributed by atoms with E-state index in [2.05, 4.69) is 68.1 Å². The SMILES string of the molecule is COC(=O)CC[C@@H](C)C1CCC2C3C(=O)CC4C[C@H](O)CC[C@]4(C)C3CC[C@@]21C.COC(=O)CC[C@@H](C)C1CCC2C3C(O[Si](C)(C)C)CC4C[C@H](C)CC[C@]4(C)C3CC[C@@]21C. The van der Waals surface area contributed by atoms with Gasteiger partial charge in [0.25, 0.3) is 0 Å². The average molecular weight is 881 g/mol. The number of ketones is 1. The molecule has 0 heterocycles. The summed E-state index contributed by atoms with van der Waals surface area (Å²) in [6, 6.07) is 0. The highest BCUT2D eigenvalue weighted by molar-refractivity contribution is 6.69. The normalized spacial score (nSPS) is 46.9. The fourth-order valence-corrected chi connectivity index (χ4v) is 19.3. The van der Waals surface area contributed by atoms with Crippen LogP contribution in [0.25, 0.3) is 0 Å². The summed E-state index contributed by atoms with van der Waals surface area (Å²) >= 11 is 0. The molecule has 8 aliphatic carbocycles. The van der Waals surface area contributed by atoms with E-state index in [9.17, 15) is 19.5 Å². The van der Waals surface area contributed by atoms with Crippen molar-refractivity contribution in [1.29, 1.82) is 0 Å². The second kappa shape index (κ2) is 18.4. The molecule has 62 heavy (non-hydrogen) atoms. The lowest BCUT2D eigenvalue weighted by Crippen LogP contribution is -2.60. The van der Waals surface area contributed by atoms with Gasteiger partial charge in [0.15, 0.2) is 8.32 Å². The van der Waals surface area contributed by atoms with E-state index in [1.165, 1.54) is 84.8 Å². The molecule has 0 radical (unpaired) electrons. The molecule has 1 N–H and O–H groups in total. The van der Waals surface area contributed by atoms with Crippen LogP contribution in [0.4, 0.5) is 0 Å². The van der Waals surface area contributed by atoms with Crippen molar-refractivity contribution in [1.82, 2.24) is 0 Å². The van der Waals surface area contributed by atoms with Crippen molar-refractivity contribution >= 4 is 26.0 Å². The van der Waals surface area contributed by atoms with Crippen molar-refractivity contribution in [2.24, 2.45) is 98.6 Å². The Hall–Kier alpha value is -1.25. The Morgan fingerprint density at radius 1 is 0.661 bits per heavy atom. The summed E-state index contributed by atoms with van der Waals surface area (Å²) in [5, 5.41) is 10.2. The third kappa shape index (κ3) is 8.97. The number of carbonyl (C=O) groups excluding carboxylic acids is 3. The molecule has 8 rings (SSSR count). The van der Waals surface area contributed by atoms with E-state index >= 15 is 0 Å². The van der Waals surface area contributed by atoms with Gasteiger partial charge in [0.05, 0.1) is 20.3 Å². The molecule has 8 fully saturated rings. The molecule has 8 heteroatoms. The molecule has 8 saturated carbocycles. The van der Waals surface area contributed by atoms with Crippen molar-refractivity contribution in [3.05, 3.63) is 0 Å². The van der Waals surface area contributed by atoms with Gasteiger partial charge in [0.2, 0.25) is 0 Å². The summed E-state index contributed by atoms with van der Waals surface area (Å²) < 4.78 is 16.9. The minimum atomic E-state index is -1.61. The first-order chi connectivity index (χ1) is 29.1. The van der Waals surface area contributed by atoms with Gasteiger partial charge >= 0.3 is 11.9 Å². The van der Waals surface area contributed by atoms with Gasteiger partial charge in [0, 0.05) is 31.3 Å². The third-order valence-corrected chi connectivity index (χ3v) is 22.5. The Balaban J connectivity index is 0.000000188. The lowest BCUT2D eigenvalue weighted by Gasteiger charge is -2.63. The molecular formula is C54H92O7Si. The van der Waals surface area contributed by atoms with Crippen LogP contribution >= 0.6 is 0 Å². The zero-order chi connectivity index (χ0) is 45.2. The predicted octanol–water partition coefficient (Wildman–Crippen LogP) is 12.5. The zero-order valence-electron chi connectivity index (χ0n) is 41.7. The van der Waals surface area contributed by atoms with Crippen LogP contribution in [0, 0.1) is 98.6 Å². The lowest BCUT2D eigenvalue weighted by molar-refractivity contribution is -0.164. The summed E-state index contributed by atoms with van der Waals surface area (Å²) in [6.07, 6.45) is 22.5. The van der Waals surface area contributed by atoms with Gasteiger partial charge in [-0.1, -0.05) is 54.9 Å². The number of aliphatic hydroxyl groups excluding tert-OH is 1. The zero-order valence-corrected chi connectivity index (χ0v) is 42.7. The minimum Gasteiger partial charge on any atom is -0.469 e. The molecule has 0 aromatic heterocycles. The van der Waals surface area contributed by atoms with Crippen LogP contribution in [-0.4, -0.2) is 57.6 Å². The van der Waals surface area contributed by atoms with Crippen LogP contribution in [-0.2, 0) is 28.3 Å². The topological polar surface area (TPSA) is 99.1 Å². The monoisotopic (exact) mass is 881 g/mol. The first-order valence-corrected chi connectivity index (χ1v) is 29.5. The van der Waals surface area contributed by atoms with Crippen molar-refractivity contribution < 1.29 is 33.4 Å². The van der Waals surface area contributed by atoms with E-state index < -0.39 is 8.32 Å². The average Bonchev–Trinajstić information content (AvgIpc) is 3.76. The number of methoxy groups -OCH3 is 2. The fourth-order valence-electron chi connectivity index (χ4n) is 18.1. The van der Waals surface area contributed by atoms with E-state index in [-0.39, 0.29) is 34.8 Å². The summed E-state index contributed by atoms with van der Waals surface area (Å²) in [7, 11) is 1.38. The molecule has 0 amide bonds. The van der Waals surface area contributed by atoms with Gasteiger partial charge in [-0.2, -0.15) is 0 Å². The Kier molecular flexibility index (Phi) is 14.5. The number of carbonyl (C=O) groups is 3. The molecule has 0 aliphatic heterocycles. The summed E-state index contributed by atoms with van der Waals surface area (Å²) in [5.74, 6) is 8.46. The van der Waals surface area contributed by atoms with Crippen molar-refractivity contribution in [3.63, 3.8) is 0 Å². The Bertz CT molecular complexity index is 1610. The van der Waals surface area contributed by atoms with Crippen molar-refractivity contribution in [3.8, 4) is 0 Å². The number of esters is 2. The second-order valence-electron chi connectivity index (χ2n) is 25.6. The Labute approximate surface area is 379 Å². The van der Waals surface area contributed by atoms with E-state index in [1.54, 1.807) is 0 Å². The highest BCUT2D eigenvalue weighted by Gasteiger charge is 2.65. The van der Waals surface area contributed by atoms with Crippen LogP contribution < -0.4 is 0 Å². The maximum Gasteiger partial charge on any atom is 0.305 e. The number of ether oxygens (including phenoxy) is 2. The Morgan fingerprint density at radius 2 is 1.15 bits per heavy atom. The molecule has 0 saturated heterocycles. The smallest absolute Gasteiger partial charge is 0.305 e. The molecule has 0 spiro atoms. The van der Waals surface area contributed by atoms with Crippen molar-refractivity contribution in [2.75, 3.05) is 14.2 Å². The third-order valence-electron chi connectivity index (χ3n) is 21.5. The molecule has 354 valence electrons. The predicted molar refractivity (Wildman–Crippen MR) is 250 cm³/mol. The van der Waals surface area contributed by atoms with Crippen LogP contribution in [0.3, 0.4) is 0 Å². The molecule has 0 aromatic rings. The van der Waals surface area contributed by atoms with E-state index in [4.69, 9.17) is 13.9 Å². The van der Waals surface area contributed by atoms with Crippen molar-refractivity contribution in [2.45, 2.75) is 209 Å². The number of rotatable bonds is 10. The number of hydrogen-bond donors (Lipinski definition) is 1. The van der Waals surface area contributed by atoms with Gasteiger partial charge < -0.3 is 19.0 Å². The molecule has 7 nitrogen and oxygen atoms in total. The minimum absolute atomic E-state index is 0.0494. The van der Waals surface area contributed by atoms with Crippen LogP contribution in [0.15, 0.2) is 0 Å². The molecule has 11 unspecified atom stereocenters. The van der Waals surface area contributed by atoms with Gasteiger partial charge in [-0.25, -0.2) is 0 Å². The summed E-state index contributed by atoms with van der Waals surface area (Å²) in [6.45, 7) is 24.6. The number of Topliss-reactive ketones (excluding diaryl/α,β-unsaturated/α-hetero) is 1. The van der Waals surface area contributed by atoms with Gasteiger partial charge in [0.1, 0.15) is 5.78 Å².